The molecule has 1 N–H and O–H groups in total. The molecule has 0 saturated carbocycles. The number of aromatic nitrogens is 2. The molecule has 23 heavy (non-hydrogen) atoms. The van der Waals surface area contributed by atoms with Crippen molar-refractivity contribution in [3.63, 3.8) is 0 Å². The fourth-order valence-electron chi connectivity index (χ4n) is 2.62. The number of benzene rings is 1. The third-order valence-corrected chi connectivity index (χ3v) is 5.85. The Balaban J connectivity index is 1.61. The molecule has 1 aliphatic rings. The predicted octanol–water partition coefficient (Wildman–Crippen LogP) is 3.04. The van der Waals surface area contributed by atoms with Crippen LogP contribution < -0.4 is 5.32 Å². The Morgan fingerprint density at radius 1 is 1.39 bits per heavy atom. The van der Waals surface area contributed by atoms with E-state index in [9.17, 15) is 4.79 Å². The lowest BCUT2D eigenvalue weighted by molar-refractivity contribution is -0.131. The van der Waals surface area contributed by atoms with E-state index in [1.807, 2.05) is 24.8 Å². The van der Waals surface area contributed by atoms with Crippen molar-refractivity contribution < 1.29 is 4.79 Å². The molecule has 0 bridgehead atoms. The van der Waals surface area contributed by atoms with Gasteiger partial charge < -0.3 is 10.2 Å². The minimum Gasteiger partial charge on any atom is -0.360 e. The summed E-state index contributed by atoms with van der Waals surface area (Å²) in [6, 6.07) is 8.36. The standard InChI is InChI=1S/C16H20N4OS2/c1-3-17-15-18-19-16(23-15)22-11(2)14(21)20-9-8-12-6-4-5-7-13(12)10-20/h4-7,11H,3,8-10H2,1-2H3,(H,17,18). The summed E-state index contributed by atoms with van der Waals surface area (Å²) < 4.78 is 0.833. The molecule has 0 radical (unpaired) electrons. The second-order valence-electron chi connectivity index (χ2n) is 5.44. The molecule has 1 unspecified atom stereocenters. The van der Waals surface area contributed by atoms with Gasteiger partial charge in [-0.1, -0.05) is 47.4 Å². The minimum absolute atomic E-state index is 0.150. The van der Waals surface area contributed by atoms with Crippen LogP contribution in [0.15, 0.2) is 28.6 Å². The Morgan fingerprint density at radius 3 is 2.96 bits per heavy atom. The molecule has 0 spiro atoms. The molecule has 0 saturated heterocycles. The highest BCUT2D eigenvalue weighted by Gasteiger charge is 2.26. The second kappa shape index (κ2) is 7.31. The number of nitrogens with zero attached hydrogens (tertiary/aromatic N) is 3. The highest BCUT2D eigenvalue weighted by atomic mass is 32.2. The van der Waals surface area contributed by atoms with Crippen molar-refractivity contribution >= 4 is 34.1 Å². The summed E-state index contributed by atoms with van der Waals surface area (Å²) in [6.45, 7) is 6.29. The average Bonchev–Trinajstić information content (AvgIpc) is 3.01. The monoisotopic (exact) mass is 348 g/mol. The van der Waals surface area contributed by atoms with Gasteiger partial charge in [0.05, 0.1) is 5.25 Å². The summed E-state index contributed by atoms with van der Waals surface area (Å²) in [6.07, 6.45) is 0.933. The summed E-state index contributed by atoms with van der Waals surface area (Å²) >= 11 is 2.98. The van der Waals surface area contributed by atoms with E-state index in [4.69, 9.17) is 0 Å². The third kappa shape index (κ3) is 3.84. The van der Waals surface area contributed by atoms with Crippen LogP contribution in [0.25, 0.3) is 0 Å². The van der Waals surface area contributed by atoms with Gasteiger partial charge in [0.1, 0.15) is 0 Å². The lowest BCUT2D eigenvalue weighted by atomic mass is 10.00. The average molecular weight is 348 g/mol. The Hall–Kier alpha value is -1.60. The van der Waals surface area contributed by atoms with E-state index >= 15 is 0 Å². The van der Waals surface area contributed by atoms with Crippen LogP contribution in [0.5, 0.6) is 0 Å². The number of amides is 1. The summed E-state index contributed by atoms with van der Waals surface area (Å²) in [5, 5.41) is 12.0. The first-order valence-electron chi connectivity index (χ1n) is 7.77. The van der Waals surface area contributed by atoms with E-state index < -0.39 is 0 Å². The molecule has 1 aromatic heterocycles. The zero-order valence-electron chi connectivity index (χ0n) is 13.3. The van der Waals surface area contributed by atoms with Crippen LogP contribution in [0.2, 0.25) is 0 Å². The molecule has 122 valence electrons. The highest BCUT2D eigenvalue weighted by molar-refractivity contribution is 8.02. The largest absolute Gasteiger partial charge is 0.360 e. The van der Waals surface area contributed by atoms with Gasteiger partial charge in [0.15, 0.2) is 4.34 Å². The number of nitrogens with one attached hydrogen (secondary N) is 1. The Labute approximate surface area is 144 Å². The molecule has 1 aromatic carbocycles. The normalized spacial score (nSPS) is 15.1. The number of carbonyl (C=O) groups excluding carboxylic acids is 1. The Bertz CT molecular complexity index is 688. The third-order valence-electron chi connectivity index (χ3n) is 3.80. The van der Waals surface area contributed by atoms with Gasteiger partial charge in [0, 0.05) is 19.6 Å². The van der Waals surface area contributed by atoms with Crippen LogP contribution in [0.4, 0.5) is 5.13 Å². The summed E-state index contributed by atoms with van der Waals surface area (Å²) in [5.74, 6) is 0.171. The van der Waals surface area contributed by atoms with Gasteiger partial charge in [-0.15, -0.1) is 10.2 Å². The molecule has 2 heterocycles. The van der Waals surface area contributed by atoms with Crippen LogP contribution in [-0.2, 0) is 17.8 Å². The lowest BCUT2D eigenvalue weighted by Crippen LogP contribution is -2.40. The van der Waals surface area contributed by atoms with Crippen LogP contribution >= 0.6 is 23.1 Å². The number of thioether (sulfide) groups is 1. The van der Waals surface area contributed by atoms with E-state index in [-0.39, 0.29) is 11.2 Å². The van der Waals surface area contributed by atoms with Crippen LogP contribution in [0, 0.1) is 0 Å². The number of carbonyl (C=O) groups is 1. The maximum atomic E-state index is 12.7. The Kier molecular flexibility index (Phi) is 5.17. The number of anilines is 1. The van der Waals surface area contributed by atoms with E-state index in [1.165, 1.54) is 34.2 Å². The fourth-order valence-corrected chi connectivity index (χ4v) is 4.67. The molecular formula is C16H20N4OS2. The first-order chi connectivity index (χ1) is 11.2. The molecule has 7 heteroatoms. The quantitative estimate of drug-likeness (QED) is 0.842. The van der Waals surface area contributed by atoms with Gasteiger partial charge >= 0.3 is 0 Å². The molecule has 1 amide bonds. The number of hydrogen-bond acceptors (Lipinski definition) is 6. The van der Waals surface area contributed by atoms with Crippen molar-refractivity contribution in [2.45, 2.75) is 36.4 Å². The zero-order chi connectivity index (χ0) is 16.2. The van der Waals surface area contributed by atoms with Crippen molar-refractivity contribution in [3.05, 3.63) is 35.4 Å². The smallest absolute Gasteiger partial charge is 0.236 e. The second-order valence-corrected chi connectivity index (χ2v) is 8.01. The van der Waals surface area contributed by atoms with Gasteiger partial charge in [-0.3, -0.25) is 4.79 Å². The summed E-state index contributed by atoms with van der Waals surface area (Å²) in [7, 11) is 0. The highest BCUT2D eigenvalue weighted by Crippen LogP contribution is 2.30. The molecule has 3 rings (SSSR count). The van der Waals surface area contributed by atoms with E-state index in [0.717, 1.165) is 29.0 Å². The maximum absolute atomic E-state index is 12.7. The number of rotatable bonds is 5. The van der Waals surface area contributed by atoms with Crippen molar-refractivity contribution in [2.24, 2.45) is 0 Å². The van der Waals surface area contributed by atoms with Gasteiger partial charge in [-0.05, 0) is 31.4 Å². The SMILES string of the molecule is CCNc1nnc(SC(C)C(=O)N2CCc3ccccc3C2)s1. The summed E-state index contributed by atoms with van der Waals surface area (Å²) in [5.41, 5.74) is 2.62. The number of hydrogen-bond donors (Lipinski definition) is 1. The number of fused-ring (bicyclic) bond motifs is 1. The molecule has 1 atom stereocenters. The van der Waals surface area contributed by atoms with Gasteiger partial charge in [-0.2, -0.15) is 0 Å². The van der Waals surface area contributed by atoms with Crippen molar-refractivity contribution in [2.75, 3.05) is 18.4 Å². The van der Waals surface area contributed by atoms with Crippen molar-refractivity contribution in [1.29, 1.82) is 0 Å². The van der Waals surface area contributed by atoms with E-state index in [0.29, 0.717) is 6.54 Å². The van der Waals surface area contributed by atoms with Gasteiger partial charge in [0.25, 0.3) is 0 Å². The van der Waals surface area contributed by atoms with Gasteiger partial charge in [-0.25, -0.2) is 0 Å². The Morgan fingerprint density at radius 2 is 2.17 bits per heavy atom. The maximum Gasteiger partial charge on any atom is 0.236 e. The molecule has 0 aliphatic carbocycles. The topological polar surface area (TPSA) is 58.1 Å². The molecule has 2 aromatic rings. The van der Waals surface area contributed by atoms with Crippen LogP contribution in [0.3, 0.4) is 0 Å². The first kappa shape index (κ1) is 16.3. The van der Waals surface area contributed by atoms with Crippen LogP contribution in [-0.4, -0.2) is 39.3 Å². The van der Waals surface area contributed by atoms with Crippen molar-refractivity contribution in [3.8, 4) is 0 Å². The van der Waals surface area contributed by atoms with E-state index in [1.54, 1.807) is 0 Å². The molecular weight excluding hydrogens is 328 g/mol. The zero-order valence-corrected chi connectivity index (χ0v) is 14.9. The summed E-state index contributed by atoms with van der Waals surface area (Å²) in [4.78, 5) is 14.6. The molecule has 1 aliphatic heterocycles. The first-order valence-corrected chi connectivity index (χ1v) is 9.46. The van der Waals surface area contributed by atoms with Crippen LogP contribution in [0.1, 0.15) is 25.0 Å². The fraction of sp³-hybridized carbons (Fsp3) is 0.438. The minimum atomic E-state index is -0.150. The molecule has 0 fully saturated rings. The molecule has 5 nitrogen and oxygen atoms in total. The predicted molar refractivity (Wildman–Crippen MR) is 95.0 cm³/mol. The van der Waals surface area contributed by atoms with Gasteiger partial charge in [0.2, 0.25) is 11.0 Å². The van der Waals surface area contributed by atoms with Crippen molar-refractivity contribution in [1.82, 2.24) is 15.1 Å². The lowest BCUT2D eigenvalue weighted by Gasteiger charge is -2.30. The van der Waals surface area contributed by atoms with E-state index in [2.05, 4.69) is 33.7 Å².